The number of aryl methyl sites for hydroxylation is 1. The second-order valence-corrected chi connectivity index (χ2v) is 3.82. The highest BCUT2D eigenvalue weighted by Crippen LogP contribution is 2.11. The van der Waals surface area contributed by atoms with Crippen molar-refractivity contribution in [2.75, 3.05) is 0 Å². The van der Waals surface area contributed by atoms with E-state index in [-0.39, 0.29) is 17.6 Å². The Morgan fingerprint density at radius 1 is 1.59 bits per heavy atom. The molecular formula is C11H10ClN3O2. The van der Waals surface area contributed by atoms with Gasteiger partial charge in [0.2, 0.25) is 0 Å². The molecule has 0 bridgehead atoms. The van der Waals surface area contributed by atoms with Gasteiger partial charge in [-0.25, -0.2) is 4.98 Å². The Morgan fingerprint density at radius 2 is 2.41 bits per heavy atom. The zero-order valence-electron chi connectivity index (χ0n) is 9.11. The summed E-state index contributed by atoms with van der Waals surface area (Å²) in [6.45, 7) is 2.08. The first-order chi connectivity index (χ1) is 8.16. The summed E-state index contributed by atoms with van der Waals surface area (Å²) < 4.78 is 4.97. The van der Waals surface area contributed by atoms with Crippen LogP contribution in [0.1, 0.15) is 21.8 Å². The lowest BCUT2D eigenvalue weighted by Crippen LogP contribution is -2.23. The zero-order valence-corrected chi connectivity index (χ0v) is 9.86. The number of pyridine rings is 1. The smallest absolute Gasteiger partial charge is 0.254 e. The largest absolute Gasteiger partial charge is 0.359 e. The molecule has 0 aliphatic carbocycles. The molecular weight excluding hydrogens is 242 g/mol. The summed E-state index contributed by atoms with van der Waals surface area (Å²) in [4.78, 5) is 15.6. The molecule has 1 N–H and O–H groups in total. The third kappa shape index (κ3) is 2.82. The van der Waals surface area contributed by atoms with Crippen LogP contribution >= 0.6 is 11.6 Å². The van der Waals surface area contributed by atoms with Gasteiger partial charge in [0, 0.05) is 12.3 Å². The Labute approximate surface area is 103 Å². The molecule has 0 aliphatic heterocycles. The Bertz CT molecular complexity index is 539. The quantitative estimate of drug-likeness (QED) is 0.847. The van der Waals surface area contributed by atoms with Crippen molar-refractivity contribution in [3.05, 3.63) is 46.6 Å². The number of carbonyl (C=O) groups is 1. The molecule has 2 rings (SSSR count). The minimum atomic E-state index is -0.294. The summed E-state index contributed by atoms with van der Waals surface area (Å²) in [6, 6.07) is 5.01. The first-order valence-electron chi connectivity index (χ1n) is 4.98. The first-order valence-corrected chi connectivity index (χ1v) is 5.35. The Hall–Kier alpha value is -1.88. The topological polar surface area (TPSA) is 68.0 Å². The molecule has 1 amide bonds. The summed E-state index contributed by atoms with van der Waals surface area (Å²) in [5.74, 6) is 0.299. The van der Waals surface area contributed by atoms with Gasteiger partial charge >= 0.3 is 0 Å². The van der Waals surface area contributed by atoms with Gasteiger partial charge in [-0.1, -0.05) is 16.8 Å². The summed E-state index contributed by atoms with van der Waals surface area (Å²) in [5.41, 5.74) is 1.11. The molecule has 0 fully saturated rings. The number of hydrogen-bond acceptors (Lipinski definition) is 4. The van der Waals surface area contributed by atoms with Gasteiger partial charge < -0.3 is 9.84 Å². The van der Waals surface area contributed by atoms with Crippen molar-refractivity contribution in [3.63, 3.8) is 0 Å². The fraction of sp³-hybridized carbons (Fsp3) is 0.182. The molecule has 6 heteroatoms. The average molecular weight is 252 g/mol. The van der Waals surface area contributed by atoms with E-state index in [1.54, 1.807) is 18.2 Å². The van der Waals surface area contributed by atoms with Crippen LogP contribution in [0.15, 0.2) is 28.9 Å². The molecule has 2 aromatic rings. The lowest BCUT2D eigenvalue weighted by atomic mass is 10.2. The predicted molar refractivity (Wildman–Crippen MR) is 61.7 cm³/mol. The summed E-state index contributed by atoms with van der Waals surface area (Å²) in [6.07, 6.45) is 1.53. The summed E-state index contributed by atoms with van der Waals surface area (Å²) in [7, 11) is 0. The van der Waals surface area contributed by atoms with Gasteiger partial charge in [0.25, 0.3) is 5.91 Å². The van der Waals surface area contributed by atoms with E-state index in [4.69, 9.17) is 16.1 Å². The number of hydrogen-bond donors (Lipinski definition) is 1. The second-order valence-electron chi connectivity index (χ2n) is 3.46. The van der Waals surface area contributed by atoms with Gasteiger partial charge in [0.05, 0.1) is 17.8 Å². The van der Waals surface area contributed by atoms with Gasteiger partial charge in [-0.3, -0.25) is 4.79 Å². The van der Waals surface area contributed by atoms with Crippen LogP contribution in [0.2, 0.25) is 5.15 Å². The lowest BCUT2D eigenvalue weighted by molar-refractivity contribution is 0.0947. The molecule has 0 aliphatic rings. The molecule has 17 heavy (non-hydrogen) atoms. The van der Waals surface area contributed by atoms with E-state index in [9.17, 15) is 4.79 Å². The van der Waals surface area contributed by atoms with E-state index in [0.29, 0.717) is 11.3 Å². The number of rotatable bonds is 3. The Morgan fingerprint density at radius 3 is 3.06 bits per heavy atom. The maximum Gasteiger partial charge on any atom is 0.254 e. The number of halogens is 1. The molecule has 0 radical (unpaired) electrons. The minimum absolute atomic E-state index is 0.179. The number of carbonyl (C=O) groups excluding carboxylic acids is 1. The van der Waals surface area contributed by atoms with Crippen molar-refractivity contribution in [3.8, 4) is 0 Å². The van der Waals surface area contributed by atoms with Gasteiger partial charge in [0.15, 0.2) is 5.76 Å². The molecule has 0 aromatic carbocycles. The standard InChI is InChI=1S/C11H10ClN3O2/c1-7-5-8(17-15-7)6-14-11(16)9-3-2-4-13-10(9)12/h2-5H,6H2,1H3,(H,14,16). The van der Waals surface area contributed by atoms with Crippen LogP contribution in [0, 0.1) is 6.92 Å². The van der Waals surface area contributed by atoms with Gasteiger partial charge in [-0.2, -0.15) is 0 Å². The molecule has 0 atom stereocenters. The van der Waals surface area contributed by atoms with Crippen LogP contribution in [-0.4, -0.2) is 16.0 Å². The highest BCUT2D eigenvalue weighted by molar-refractivity contribution is 6.32. The number of aromatic nitrogens is 2. The van der Waals surface area contributed by atoms with Crippen molar-refractivity contribution >= 4 is 17.5 Å². The van der Waals surface area contributed by atoms with Gasteiger partial charge in [0.1, 0.15) is 5.15 Å². The SMILES string of the molecule is Cc1cc(CNC(=O)c2cccnc2Cl)on1. The monoisotopic (exact) mass is 251 g/mol. The van der Waals surface area contributed by atoms with Crippen molar-refractivity contribution in [2.45, 2.75) is 13.5 Å². The van der Waals surface area contributed by atoms with Crippen molar-refractivity contribution in [1.29, 1.82) is 0 Å². The Balaban J connectivity index is 2.01. The normalized spacial score (nSPS) is 10.2. The predicted octanol–water partition coefficient (Wildman–Crippen LogP) is 1.96. The summed E-state index contributed by atoms with van der Waals surface area (Å²) in [5, 5.41) is 6.57. The van der Waals surface area contributed by atoms with E-state index in [1.165, 1.54) is 6.20 Å². The van der Waals surface area contributed by atoms with Crippen LogP contribution < -0.4 is 5.32 Å². The highest BCUT2D eigenvalue weighted by atomic mass is 35.5. The fourth-order valence-corrected chi connectivity index (χ4v) is 1.52. The maximum atomic E-state index is 11.7. The molecule has 0 spiro atoms. The number of nitrogens with one attached hydrogen (secondary N) is 1. The highest BCUT2D eigenvalue weighted by Gasteiger charge is 2.11. The van der Waals surface area contributed by atoms with Crippen LogP contribution in [0.5, 0.6) is 0 Å². The molecule has 2 aromatic heterocycles. The van der Waals surface area contributed by atoms with Crippen LogP contribution in [0.4, 0.5) is 0 Å². The van der Waals surface area contributed by atoms with E-state index in [0.717, 1.165) is 5.69 Å². The lowest BCUT2D eigenvalue weighted by Gasteiger charge is -2.03. The van der Waals surface area contributed by atoms with Crippen molar-refractivity contribution in [1.82, 2.24) is 15.5 Å². The van der Waals surface area contributed by atoms with Crippen molar-refractivity contribution < 1.29 is 9.32 Å². The van der Waals surface area contributed by atoms with Gasteiger partial charge in [-0.15, -0.1) is 0 Å². The first kappa shape index (κ1) is 11.6. The molecule has 5 nitrogen and oxygen atoms in total. The third-order valence-corrected chi connectivity index (χ3v) is 2.40. The third-order valence-electron chi connectivity index (χ3n) is 2.10. The molecule has 0 saturated heterocycles. The van der Waals surface area contributed by atoms with Crippen LogP contribution in [-0.2, 0) is 6.54 Å². The summed E-state index contributed by atoms with van der Waals surface area (Å²) >= 11 is 5.80. The number of nitrogens with zero attached hydrogens (tertiary/aromatic N) is 2. The maximum absolute atomic E-state index is 11.7. The Kier molecular flexibility index (Phi) is 3.39. The average Bonchev–Trinajstić information content (AvgIpc) is 2.73. The van der Waals surface area contributed by atoms with E-state index in [2.05, 4.69) is 15.5 Å². The minimum Gasteiger partial charge on any atom is -0.359 e. The fourth-order valence-electron chi connectivity index (χ4n) is 1.32. The number of amides is 1. The molecule has 2 heterocycles. The molecule has 0 saturated carbocycles. The van der Waals surface area contributed by atoms with Crippen LogP contribution in [0.25, 0.3) is 0 Å². The van der Waals surface area contributed by atoms with E-state index >= 15 is 0 Å². The van der Waals surface area contributed by atoms with Gasteiger partial charge in [-0.05, 0) is 19.1 Å². The van der Waals surface area contributed by atoms with E-state index in [1.807, 2.05) is 6.92 Å². The van der Waals surface area contributed by atoms with Crippen LogP contribution in [0.3, 0.4) is 0 Å². The molecule has 88 valence electrons. The van der Waals surface area contributed by atoms with Crippen molar-refractivity contribution in [2.24, 2.45) is 0 Å². The second kappa shape index (κ2) is 4.97. The van der Waals surface area contributed by atoms with E-state index < -0.39 is 0 Å². The zero-order chi connectivity index (χ0) is 12.3. The molecule has 0 unspecified atom stereocenters.